The number of rotatable bonds is 3. The first-order valence-corrected chi connectivity index (χ1v) is 11.8. The van der Waals surface area contributed by atoms with Crippen molar-refractivity contribution in [3.05, 3.63) is 75.7 Å². The second kappa shape index (κ2) is 8.47. The summed E-state index contributed by atoms with van der Waals surface area (Å²) in [5.74, 6) is 0. The van der Waals surface area contributed by atoms with Crippen molar-refractivity contribution in [2.75, 3.05) is 18.0 Å². The van der Waals surface area contributed by atoms with Gasteiger partial charge in [-0.15, -0.1) is 11.3 Å². The van der Waals surface area contributed by atoms with Crippen molar-refractivity contribution in [1.29, 1.82) is 5.26 Å². The number of hydrogen-bond acceptors (Lipinski definition) is 6. The number of aryl methyl sites for hydroxylation is 1. The lowest BCUT2D eigenvalue weighted by molar-refractivity contribution is -0.00521. The number of nitriles is 1. The van der Waals surface area contributed by atoms with Crippen molar-refractivity contribution in [3.63, 3.8) is 0 Å². The van der Waals surface area contributed by atoms with Gasteiger partial charge in [0.25, 0.3) is 5.56 Å². The molecular weight excluding hydrogens is 432 g/mol. The van der Waals surface area contributed by atoms with Gasteiger partial charge in [0.2, 0.25) is 0 Å². The Hall–Kier alpha value is -3.47. The number of thiophene rings is 1. The lowest BCUT2D eigenvalue weighted by Crippen LogP contribution is -2.45. The molecule has 0 N–H and O–H groups in total. The van der Waals surface area contributed by atoms with Crippen LogP contribution in [0.5, 0.6) is 0 Å². The standard InChI is InChI=1S/C26H24N4O2S/c1-16-13-30(20-6-4-19(5-7-20)29-14-17(2)32-18(3)15-29)26(31)22-10-11-28-25(24(16)22)23-9-8-21(12-27)33-23/h4-11,13,17-18H,14-15H2,1-3H3/t17-,18+. The highest BCUT2D eigenvalue weighted by Gasteiger charge is 2.22. The van der Waals surface area contributed by atoms with Gasteiger partial charge in [-0.3, -0.25) is 14.3 Å². The molecule has 5 rings (SSSR count). The van der Waals surface area contributed by atoms with E-state index in [1.807, 2.05) is 31.3 Å². The highest BCUT2D eigenvalue weighted by atomic mass is 32.1. The Balaban J connectivity index is 1.55. The third-order valence-electron chi connectivity index (χ3n) is 5.98. The first kappa shape index (κ1) is 21.4. The van der Waals surface area contributed by atoms with Crippen molar-refractivity contribution < 1.29 is 4.74 Å². The van der Waals surface area contributed by atoms with E-state index in [9.17, 15) is 10.1 Å². The van der Waals surface area contributed by atoms with Crippen molar-refractivity contribution in [2.45, 2.75) is 33.0 Å². The molecule has 1 fully saturated rings. The molecule has 4 heterocycles. The third-order valence-corrected chi connectivity index (χ3v) is 6.98. The molecule has 0 saturated carbocycles. The molecule has 3 aromatic heterocycles. The van der Waals surface area contributed by atoms with E-state index >= 15 is 0 Å². The number of aromatic nitrogens is 2. The van der Waals surface area contributed by atoms with Gasteiger partial charge in [0.15, 0.2) is 0 Å². The lowest BCUT2D eigenvalue weighted by Gasteiger charge is -2.36. The second-order valence-electron chi connectivity index (χ2n) is 8.52. The van der Waals surface area contributed by atoms with Crippen LogP contribution in [-0.2, 0) is 4.74 Å². The summed E-state index contributed by atoms with van der Waals surface area (Å²) >= 11 is 1.39. The average molecular weight is 457 g/mol. The van der Waals surface area contributed by atoms with E-state index < -0.39 is 0 Å². The van der Waals surface area contributed by atoms with Gasteiger partial charge in [-0.05, 0) is 68.8 Å². The number of benzene rings is 1. The zero-order valence-corrected chi connectivity index (χ0v) is 19.6. The van der Waals surface area contributed by atoms with E-state index in [1.54, 1.807) is 22.9 Å². The van der Waals surface area contributed by atoms with Gasteiger partial charge in [0, 0.05) is 42.2 Å². The molecule has 33 heavy (non-hydrogen) atoms. The number of anilines is 1. The van der Waals surface area contributed by atoms with Gasteiger partial charge < -0.3 is 9.64 Å². The number of morpholine rings is 1. The van der Waals surface area contributed by atoms with E-state index in [2.05, 4.69) is 41.9 Å². The molecule has 0 amide bonds. The van der Waals surface area contributed by atoms with Crippen LogP contribution in [0.15, 0.2) is 59.7 Å². The van der Waals surface area contributed by atoms with Crippen LogP contribution in [0.3, 0.4) is 0 Å². The fourth-order valence-electron chi connectivity index (χ4n) is 4.60. The molecule has 0 spiro atoms. The van der Waals surface area contributed by atoms with Crippen molar-refractivity contribution in [3.8, 4) is 22.3 Å². The number of hydrogen-bond donors (Lipinski definition) is 0. The molecule has 4 aromatic rings. The SMILES string of the molecule is Cc1cn(-c2ccc(N3C[C@@H](C)O[C@@H](C)C3)cc2)c(=O)c2ccnc(-c3ccc(C#N)s3)c12. The Morgan fingerprint density at radius 3 is 2.42 bits per heavy atom. The fraction of sp³-hybridized carbons (Fsp3) is 0.269. The molecule has 1 aliphatic rings. The molecule has 6 nitrogen and oxygen atoms in total. The minimum absolute atomic E-state index is 0.0855. The van der Waals surface area contributed by atoms with Gasteiger partial charge in [0.05, 0.1) is 28.2 Å². The third kappa shape index (κ3) is 3.92. The zero-order valence-electron chi connectivity index (χ0n) is 18.8. The van der Waals surface area contributed by atoms with Gasteiger partial charge in [-0.1, -0.05) is 0 Å². The lowest BCUT2D eigenvalue weighted by atomic mass is 10.1. The van der Waals surface area contributed by atoms with Crippen LogP contribution < -0.4 is 10.5 Å². The molecule has 1 saturated heterocycles. The van der Waals surface area contributed by atoms with Gasteiger partial charge in [-0.25, -0.2) is 0 Å². The molecule has 0 aliphatic carbocycles. The van der Waals surface area contributed by atoms with Crippen LogP contribution in [0.2, 0.25) is 0 Å². The number of ether oxygens (including phenoxy) is 1. The Kier molecular flexibility index (Phi) is 5.49. The number of nitrogens with zero attached hydrogens (tertiary/aromatic N) is 4. The van der Waals surface area contributed by atoms with Gasteiger partial charge in [-0.2, -0.15) is 5.26 Å². The Labute approximate surface area is 196 Å². The Morgan fingerprint density at radius 2 is 1.76 bits per heavy atom. The van der Waals surface area contributed by atoms with Crippen molar-refractivity contribution >= 4 is 27.8 Å². The second-order valence-corrected chi connectivity index (χ2v) is 9.61. The molecule has 7 heteroatoms. The molecule has 0 radical (unpaired) electrons. The van der Waals surface area contributed by atoms with Crippen LogP contribution in [0, 0.1) is 18.3 Å². The summed E-state index contributed by atoms with van der Waals surface area (Å²) in [6, 6.07) is 15.7. The summed E-state index contributed by atoms with van der Waals surface area (Å²) in [5, 5.41) is 10.6. The summed E-state index contributed by atoms with van der Waals surface area (Å²) in [6.45, 7) is 7.88. The van der Waals surface area contributed by atoms with E-state index in [4.69, 9.17) is 4.74 Å². The monoisotopic (exact) mass is 456 g/mol. The van der Waals surface area contributed by atoms with Crippen LogP contribution in [0.25, 0.3) is 27.0 Å². The van der Waals surface area contributed by atoms with E-state index in [-0.39, 0.29) is 17.8 Å². The maximum atomic E-state index is 13.5. The fourth-order valence-corrected chi connectivity index (χ4v) is 5.41. The minimum Gasteiger partial charge on any atom is -0.372 e. The summed E-state index contributed by atoms with van der Waals surface area (Å²) in [5.41, 5.74) is 3.57. The minimum atomic E-state index is -0.0855. The highest BCUT2D eigenvalue weighted by molar-refractivity contribution is 7.16. The predicted octanol–water partition coefficient (Wildman–Crippen LogP) is 4.91. The van der Waals surface area contributed by atoms with E-state index in [1.165, 1.54) is 11.3 Å². The van der Waals surface area contributed by atoms with Gasteiger partial charge >= 0.3 is 0 Å². The summed E-state index contributed by atoms with van der Waals surface area (Å²) in [6.07, 6.45) is 3.92. The van der Waals surface area contributed by atoms with Gasteiger partial charge in [0.1, 0.15) is 10.9 Å². The van der Waals surface area contributed by atoms with Crippen LogP contribution in [-0.4, -0.2) is 34.8 Å². The smallest absolute Gasteiger partial charge is 0.263 e. The molecule has 0 unspecified atom stereocenters. The summed E-state index contributed by atoms with van der Waals surface area (Å²) in [7, 11) is 0. The number of pyridine rings is 2. The quantitative estimate of drug-likeness (QED) is 0.438. The van der Waals surface area contributed by atoms with Crippen LogP contribution in [0.4, 0.5) is 5.69 Å². The number of fused-ring (bicyclic) bond motifs is 1. The normalized spacial score (nSPS) is 18.4. The van der Waals surface area contributed by atoms with Crippen LogP contribution >= 0.6 is 11.3 Å². The maximum Gasteiger partial charge on any atom is 0.263 e. The largest absolute Gasteiger partial charge is 0.372 e. The molecule has 1 aromatic carbocycles. The Bertz CT molecular complexity index is 1420. The van der Waals surface area contributed by atoms with Crippen molar-refractivity contribution in [1.82, 2.24) is 9.55 Å². The first-order valence-electron chi connectivity index (χ1n) is 11.0. The Morgan fingerprint density at radius 1 is 1.06 bits per heavy atom. The van der Waals surface area contributed by atoms with Crippen LogP contribution in [0.1, 0.15) is 24.3 Å². The highest BCUT2D eigenvalue weighted by Crippen LogP contribution is 2.33. The molecule has 2 atom stereocenters. The first-order chi connectivity index (χ1) is 15.9. The maximum absolute atomic E-state index is 13.5. The summed E-state index contributed by atoms with van der Waals surface area (Å²) in [4.78, 5) is 21.8. The average Bonchev–Trinajstić information content (AvgIpc) is 3.30. The topological polar surface area (TPSA) is 71.2 Å². The molecular formula is C26H24N4O2S. The zero-order chi connectivity index (χ0) is 23.1. The molecule has 166 valence electrons. The van der Waals surface area contributed by atoms with E-state index in [0.29, 0.717) is 10.3 Å². The predicted molar refractivity (Wildman–Crippen MR) is 132 cm³/mol. The summed E-state index contributed by atoms with van der Waals surface area (Å²) < 4.78 is 7.54. The van der Waals surface area contributed by atoms with Crippen molar-refractivity contribution in [2.24, 2.45) is 0 Å². The van der Waals surface area contributed by atoms with E-state index in [0.717, 1.165) is 46.0 Å². The molecule has 1 aliphatic heterocycles. The molecule has 0 bridgehead atoms.